The van der Waals surface area contributed by atoms with Crippen LogP contribution in [0.25, 0.3) is 0 Å². The SMILES string of the molecule is OC1CCN([C@@H](c2cccc(C(F)(F)F)c2)c2nnnn2Cc2ccccc2)CC1. The van der Waals surface area contributed by atoms with Gasteiger partial charge in [0.05, 0.1) is 24.3 Å². The van der Waals surface area contributed by atoms with Crippen LogP contribution in [-0.2, 0) is 12.7 Å². The normalized spacial score (nSPS) is 17.2. The predicted octanol–water partition coefficient (Wildman–Crippen LogP) is 3.29. The maximum Gasteiger partial charge on any atom is 0.416 e. The van der Waals surface area contributed by atoms with Gasteiger partial charge in [-0.2, -0.15) is 13.2 Å². The highest BCUT2D eigenvalue weighted by molar-refractivity contribution is 5.31. The molecule has 0 saturated carbocycles. The quantitative estimate of drug-likeness (QED) is 0.690. The second-order valence-corrected chi connectivity index (χ2v) is 7.47. The van der Waals surface area contributed by atoms with Crippen molar-refractivity contribution < 1.29 is 18.3 Å². The fraction of sp³-hybridized carbons (Fsp3) is 0.381. The summed E-state index contributed by atoms with van der Waals surface area (Å²) in [4.78, 5) is 2.04. The van der Waals surface area contributed by atoms with Gasteiger partial charge in [-0.05, 0) is 46.5 Å². The Balaban J connectivity index is 1.73. The highest BCUT2D eigenvalue weighted by Gasteiger charge is 2.34. The van der Waals surface area contributed by atoms with Crippen LogP contribution in [0.3, 0.4) is 0 Å². The number of aromatic nitrogens is 4. The summed E-state index contributed by atoms with van der Waals surface area (Å²) in [6.07, 6.45) is -3.73. The molecule has 1 saturated heterocycles. The lowest BCUT2D eigenvalue weighted by atomic mass is 9.98. The number of benzene rings is 2. The Labute approximate surface area is 171 Å². The fourth-order valence-corrected chi connectivity index (χ4v) is 3.83. The first-order chi connectivity index (χ1) is 14.4. The van der Waals surface area contributed by atoms with E-state index in [0.29, 0.717) is 43.9 Å². The monoisotopic (exact) mass is 417 g/mol. The van der Waals surface area contributed by atoms with Gasteiger partial charge in [-0.1, -0.05) is 42.5 Å². The number of rotatable bonds is 5. The average molecular weight is 417 g/mol. The first-order valence-electron chi connectivity index (χ1n) is 9.81. The molecule has 0 amide bonds. The lowest BCUT2D eigenvalue weighted by Crippen LogP contribution is -2.40. The number of hydrogen-bond acceptors (Lipinski definition) is 5. The van der Waals surface area contributed by atoms with E-state index in [2.05, 4.69) is 15.5 Å². The molecule has 0 bridgehead atoms. The van der Waals surface area contributed by atoms with Crippen molar-refractivity contribution in [3.63, 3.8) is 0 Å². The second-order valence-electron chi connectivity index (χ2n) is 7.47. The molecule has 30 heavy (non-hydrogen) atoms. The number of likely N-dealkylation sites (tertiary alicyclic amines) is 1. The molecule has 1 atom stereocenters. The Kier molecular flexibility index (Phi) is 5.83. The van der Waals surface area contributed by atoms with Crippen LogP contribution in [0.4, 0.5) is 13.2 Å². The van der Waals surface area contributed by atoms with E-state index in [9.17, 15) is 18.3 Å². The Morgan fingerprint density at radius 1 is 1.03 bits per heavy atom. The van der Waals surface area contributed by atoms with E-state index in [-0.39, 0.29) is 0 Å². The Morgan fingerprint density at radius 3 is 2.47 bits per heavy atom. The number of aliphatic hydroxyl groups is 1. The van der Waals surface area contributed by atoms with Crippen molar-refractivity contribution in [3.05, 3.63) is 77.1 Å². The molecular weight excluding hydrogens is 395 g/mol. The zero-order valence-electron chi connectivity index (χ0n) is 16.2. The molecule has 1 aliphatic rings. The molecule has 1 aliphatic heterocycles. The molecule has 158 valence electrons. The van der Waals surface area contributed by atoms with E-state index in [1.807, 2.05) is 35.2 Å². The number of hydrogen-bond donors (Lipinski definition) is 1. The number of tetrazole rings is 1. The third-order valence-corrected chi connectivity index (χ3v) is 5.37. The van der Waals surface area contributed by atoms with Crippen molar-refractivity contribution in [3.8, 4) is 0 Å². The molecular formula is C21H22F3N5O. The van der Waals surface area contributed by atoms with Gasteiger partial charge < -0.3 is 5.11 Å². The molecule has 0 radical (unpaired) electrons. The molecule has 1 N–H and O–H groups in total. The van der Waals surface area contributed by atoms with Gasteiger partial charge in [0.2, 0.25) is 0 Å². The van der Waals surface area contributed by atoms with E-state index in [0.717, 1.165) is 17.7 Å². The molecule has 9 heteroatoms. The minimum atomic E-state index is -4.44. The van der Waals surface area contributed by atoms with Crippen LogP contribution in [0.15, 0.2) is 54.6 Å². The molecule has 1 aromatic heterocycles. The summed E-state index contributed by atoms with van der Waals surface area (Å²) in [7, 11) is 0. The van der Waals surface area contributed by atoms with Crippen molar-refractivity contribution in [2.75, 3.05) is 13.1 Å². The van der Waals surface area contributed by atoms with E-state index in [1.165, 1.54) is 6.07 Å². The van der Waals surface area contributed by atoms with Gasteiger partial charge in [-0.3, -0.25) is 4.90 Å². The van der Waals surface area contributed by atoms with Crippen LogP contribution in [-0.4, -0.2) is 49.4 Å². The summed E-state index contributed by atoms with van der Waals surface area (Å²) in [5.41, 5.74) is 0.761. The largest absolute Gasteiger partial charge is 0.416 e. The van der Waals surface area contributed by atoms with Crippen LogP contribution in [0.2, 0.25) is 0 Å². The van der Waals surface area contributed by atoms with Crippen LogP contribution in [0, 0.1) is 0 Å². The zero-order valence-corrected chi connectivity index (χ0v) is 16.2. The lowest BCUT2D eigenvalue weighted by Gasteiger charge is -2.35. The van der Waals surface area contributed by atoms with Gasteiger partial charge in [0.1, 0.15) is 0 Å². The van der Waals surface area contributed by atoms with Gasteiger partial charge >= 0.3 is 6.18 Å². The summed E-state index contributed by atoms with van der Waals surface area (Å²) < 4.78 is 41.7. The number of halogens is 3. The highest BCUT2D eigenvalue weighted by atomic mass is 19.4. The van der Waals surface area contributed by atoms with Gasteiger partial charge in [0, 0.05) is 13.1 Å². The minimum absolute atomic E-state index is 0.399. The number of piperidine rings is 1. The molecule has 0 aliphatic carbocycles. The number of nitrogens with zero attached hydrogens (tertiary/aromatic N) is 5. The Bertz CT molecular complexity index is 968. The highest BCUT2D eigenvalue weighted by Crippen LogP contribution is 2.35. The summed E-state index contributed by atoms with van der Waals surface area (Å²) in [5.74, 6) is 0.481. The molecule has 3 aromatic rings. The number of aliphatic hydroxyl groups excluding tert-OH is 1. The molecule has 0 unspecified atom stereocenters. The van der Waals surface area contributed by atoms with Crippen LogP contribution in [0.1, 0.15) is 41.4 Å². The predicted molar refractivity (Wildman–Crippen MR) is 103 cm³/mol. The molecule has 1 fully saturated rings. The molecule has 0 spiro atoms. The second kappa shape index (κ2) is 8.53. The maximum absolute atomic E-state index is 13.3. The third kappa shape index (κ3) is 4.52. The standard InChI is InChI=1S/C21H22F3N5O/c22-21(23,24)17-8-4-7-16(13-17)19(28-11-9-18(30)10-12-28)20-25-26-27-29(20)14-15-5-2-1-3-6-15/h1-8,13,18-19,30H,9-12,14H2/t19-/m0/s1. The zero-order chi connectivity index (χ0) is 21.1. The summed E-state index contributed by atoms with van der Waals surface area (Å²) in [6.45, 7) is 1.50. The van der Waals surface area contributed by atoms with Gasteiger partial charge in [0.25, 0.3) is 0 Å². The van der Waals surface area contributed by atoms with Gasteiger partial charge in [-0.15, -0.1) is 5.10 Å². The molecule has 2 heterocycles. The average Bonchev–Trinajstić information content (AvgIpc) is 3.18. The van der Waals surface area contributed by atoms with Crippen molar-refractivity contribution in [2.45, 2.75) is 37.7 Å². The minimum Gasteiger partial charge on any atom is -0.393 e. The third-order valence-electron chi connectivity index (χ3n) is 5.37. The first-order valence-corrected chi connectivity index (χ1v) is 9.81. The summed E-state index contributed by atoms with van der Waals surface area (Å²) in [5, 5.41) is 22.0. The summed E-state index contributed by atoms with van der Waals surface area (Å²) >= 11 is 0. The van der Waals surface area contributed by atoms with Crippen LogP contribution >= 0.6 is 0 Å². The first kappa shape index (κ1) is 20.5. The maximum atomic E-state index is 13.3. The van der Waals surface area contributed by atoms with Crippen molar-refractivity contribution in [1.82, 2.24) is 25.1 Å². The van der Waals surface area contributed by atoms with E-state index >= 15 is 0 Å². The van der Waals surface area contributed by atoms with Crippen molar-refractivity contribution in [2.24, 2.45) is 0 Å². The lowest BCUT2D eigenvalue weighted by molar-refractivity contribution is -0.137. The van der Waals surface area contributed by atoms with Gasteiger partial charge in [-0.25, -0.2) is 4.68 Å². The molecule has 6 nitrogen and oxygen atoms in total. The number of alkyl halides is 3. The fourth-order valence-electron chi connectivity index (χ4n) is 3.83. The van der Waals surface area contributed by atoms with E-state index in [4.69, 9.17) is 0 Å². The topological polar surface area (TPSA) is 67.1 Å². The smallest absolute Gasteiger partial charge is 0.393 e. The Hall–Kier alpha value is -2.78. The summed E-state index contributed by atoms with van der Waals surface area (Å²) in [6, 6.07) is 14.4. The van der Waals surface area contributed by atoms with E-state index < -0.39 is 23.9 Å². The van der Waals surface area contributed by atoms with E-state index in [1.54, 1.807) is 10.7 Å². The van der Waals surface area contributed by atoms with Gasteiger partial charge in [0.15, 0.2) is 5.82 Å². The van der Waals surface area contributed by atoms with Crippen molar-refractivity contribution >= 4 is 0 Å². The Morgan fingerprint density at radius 2 is 1.77 bits per heavy atom. The molecule has 4 rings (SSSR count). The van der Waals surface area contributed by atoms with Crippen LogP contribution < -0.4 is 0 Å². The van der Waals surface area contributed by atoms with Crippen molar-refractivity contribution in [1.29, 1.82) is 0 Å². The molecule has 2 aromatic carbocycles. The van der Waals surface area contributed by atoms with Crippen LogP contribution in [0.5, 0.6) is 0 Å².